The van der Waals surface area contributed by atoms with Crippen LogP contribution >= 0.6 is 0 Å². The molecule has 0 fully saturated rings. The first-order valence-electron chi connectivity index (χ1n) is 3.94. The zero-order valence-electron chi connectivity index (χ0n) is 7.65. The zero-order chi connectivity index (χ0) is 10.6. The molecule has 0 aliphatic carbocycles. The van der Waals surface area contributed by atoms with E-state index in [4.69, 9.17) is 5.73 Å². The van der Waals surface area contributed by atoms with Crippen LogP contribution in [0.5, 0.6) is 0 Å². The second kappa shape index (κ2) is 4.40. The number of aromatic nitrogens is 1. The van der Waals surface area contributed by atoms with Gasteiger partial charge in [0.15, 0.2) is 5.82 Å². The predicted octanol–water partition coefficient (Wildman–Crippen LogP) is -0.812. The molecule has 0 radical (unpaired) electrons. The molecule has 1 aromatic heterocycles. The van der Waals surface area contributed by atoms with Crippen molar-refractivity contribution in [2.75, 3.05) is 17.8 Å². The minimum absolute atomic E-state index is 0.145. The molecule has 1 heterocycles. The van der Waals surface area contributed by atoms with E-state index in [9.17, 15) is 8.42 Å². The Morgan fingerprint density at radius 3 is 2.86 bits per heavy atom. The van der Waals surface area contributed by atoms with Gasteiger partial charge in [-0.3, -0.25) is 4.72 Å². The van der Waals surface area contributed by atoms with Crippen LogP contribution < -0.4 is 15.2 Å². The third-order valence-corrected chi connectivity index (χ3v) is 2.37. The van der Waals surface area contributed by atoms with Crippen LogP contribution in [0.2, 0.25) is 0 Å². The van der Waals surface area contributed by atoms with Gasteiger partial charge in [0.25, 0.3) is 10.2 Å². The largest absolute Gasteiger partial charge is 0.360 e. The highest BCUT2D eigenvalue weighted by Gasteiger charge is 2.10. The van der Waals surface area contributed by atoms with Gasteiger partial charge in [-0.1, -0.05) is 5.16 Å². The molecule has 0 unspecified atom stereocenters. The zero-order valence-corrected chi connectivity index (χ0v) is 8.47. The Hall–Kier alpha value is -1.12. The van der Waals surface area contributed by atoms with Gasteiger partial charge in [0.05, 0.1) is 0 Å². The van der Waals surface area contributed by atoms with E-state index in [2.05, 4.69) is 19.1 Å². The van der Waals surface area contributed by atoms with Crippen LogP contribution in [0.15, 0.2) is 10.6 Å². The highest BCUT2D eigenvalue weighted by molar-refractivity contribution is 7.90. The molecule has 0 saturated carbocycles. The fourth-order valence-corrected chi connectivity index (χ4v) is 1.61. The van der Waals surface area contributed by atoms with E-state index in [0.29, 0.717) is 5.76 Å². The molecule has 1 rings (SSSR count). The Balaban J connectivity index is 2.59. The van der Waals surface area contributed by atoms with Crippen LogP contribution in [-0.2, 0) is 10.2 Å². The van der Waals surface area contributed by atoms with Gasteiger partial charge < -0.3 is 10.3 Å². The minimum atomic E-state index is -3.59. The van der Waals surface area contributed by atoms with Crippen LogP contribution in [0.25, 0.3) is 0 Å². The van der Waals surface area contributed by atoms with Gasteiger partial charge in [-0.05, 0) is 6.92 Å². The van der Waals surface area contributed by atoms with Gasteiger partial charge in [0.1, 0.15) is 5.76 Å². The molecule has 0 atom stereocenters. The van der Waals surface area contributed by atoms with Crippen LogP contribution in [0, 0.1) is 6.92 Å². The average Bonchev–Trinajstić information content (AvgIpc) is 2.47. The Labute approximate surface area is 81.8 Å². The van der Waals surface area contributed by atoms with Crippen LogP contribution in [0.4, 0.5) is 5.82 Å². The molecule has 8 heteroatoms. The second-order valence-electron chi connectivity index (χ2n) is 2.61. The van der Waals surface area contributed by atoms with Crippen molar-refractivity contribution < 1.29 is 12.9 Å². The third kappa shape index (κ3) is 3.32. The SMILES string of the molecule is Cc1cc(NS(=O)(=O)NCCN)no1. The molecule has 0 aromatic carbocycles. The maximum absolute atomic E-state index is 11.2. The number of hydrogen-bond acceptors (Lipinski definition) is 5. The molecule has 0 saturated heterocycles. The predicted molar refractivity (Wildman–Crippen MR) is 50.8 cm³/mol. The molecule has 4 N–H and O–H groups in total. The molecular formula is C6H12N4O3S. The fraction of sp³-hybridized carbons (Fsp3) is 0.500. The van der Waals surface area contributed by atoms with Gasteiger partial charge in [-0.15, -0.1) is 0 Å². The number of nitrogens with two attached hydrogens (primary N) is 1. The van der Waals surface area contributed by atoms with Gasteiger partial charge in [0.2, 0.25) is 0 Å². The van der Waals surface area contributed by atoms with Crippen molar-refractivity contribution in [2.24, 2.45) is 5.73 Å². The first-order valence-corrected chi connectivity index (χ1v) is 5.42. The smallest absolute Gasteiger partial charge is 0.300 e. The lowest BCUT2D eigenvalue weighted by Gasteiger charge is -2.04. The normalized spacial score (nSPS) is 11.6. The van der Waals surface area contributed by atoms with E-state index >= 15 is 0 Å². The summed E-state index contributed by atoms with van der Waals surface area (Å²) in [4.78, 5) is 0. The molecule has 7 nitrogen and oxygen atoms in total. The Bertz CT molecular complexity index is 386. The number of anilines is 1. The fourth-order valence-electron chi connectivity index (χ4n) is 0.782. The Morgan fingerprint density at radius 1 is 1.64 bits per heavy atom. The van der Waals surface area contributed by atoms with Crippen LogP contribution in [-0.4, -0.2) is 26.7 Å². The number of nitrogens with zero attached hydrogens (tertiary/aromatic N) is 1. The summed E-state index contributed by atoms with van der Waals surface area (Å²) >= 11 is 0. The molecule has 0 spiro atoms. The van der Waals surface area contributed by atoms with E-state index in [1.807, 2.05) is 0 Å². The summed E-state index contributed by atoms with van der Waals surface area (Å²) in [5.74, 6) is 0.675. The summed E-state index contributed by atoms with van der Waals surface area (Å²) in [6.07, 6.45) is 0. The van der Waals surface area contributed by atoms with Crippen LogP contribution in [0.1, 0.15) is 5.76 Å². The van der Waals surface area contributed by atoms with Crippen LogP contribution in [0.3, 0.4) is 0 Å². The molecule has 0 amide bonds. The highest BCUT2D eigenvalue weighted by Crippen LogP contribution is 2.07. The quantitative estimate of drug-likeness (QED) is 0.601. The number of hydrogen-bond donors (Lipinski definition) is 3. The molecule has 0 aliphatic heterocycles. The van der Waals surface area contributed by atoms with Crippen molar-refractivity contribution in [3.8, 4) is 0 Å². The molecule has 14 heavy (non-hydrogen) atoms. The van der Waals surface area contributed by atoms with Crippen molar-refractivity contribution in [3.63, 3.8) is 0 Å². The summed E-state index contributed by atoms with van der Waals surface area (Å²) < 4.78 is 31.5. The molecule has 1 aromatic rings. The van der Waals surface area contributed by atoms with E-state index in [-0.39, 0.29) is 18.9 Å². The first-order chi connectivity index (χ1) is 6.53. The maximum atomic E-state index is 11.2. The summed E-state index contributed by atoms with van der Waals surface area (Å²) in [7, 11) is -3.59. The summed E-state index contributed by atoms with van der Waals surface area (Å²) in [5.41, 5.74) is 5.14. The number of nitrogens with one attached hydrogen (secondary N) is 2. The van der Waals surface area contributed by atoms with Gasteiger partial charge in [-0.2, -0.15) is 13.1 Å². The first kappa shape index (κ1) is 11.0. The topological polar surface area (TPSA) is 110 Å². The van der Waals surface area contributed by atoms with E-state index in [0.717, 1.165) is 0 Å². The molecule has 80 valence electrons. The average molecular weight is 220 g/mol. The molecule has 0 bridgehead atoms. The number of aryl methyl sites for hydroxylation is 1. The van der Waals surface area contributed by atoms with Crippen molar-refractivity contribution in [1.82, 2.24) is 9.88 Å². The van der Waals surface area contributed by atoms with Gasteiger partial charge in [0, 0.05) is 19.2 Å². The third-order valence-electron chi connectivity index (χ3n) is 1.30. The minimum Gasteiger partial charge on any atom is -0.360 e. The summed E-state index contributed by atoms with van der Waals surface area (Å²) in [6, 6.07) is 1.47. The van der Waals surface area contributed by atoms with Crippen molar-refractivity contribution in [1.29, 1.82) is 0 Å². The lowest BCUT2D eigenvalue weighted by atomic mass is 10.5. The standard InChI is InChI=1S/C6H12N4O3S/c1-5-4-6(9-13-5)10-14(11,12)8-3-2-7/h4,8H,2-3,7H2,1H3,(H,9,10). The van der Waals surface area contributed by atoms with Crippen molar-refractivity contribution in [2.45, 2.75) is 6.92 Å². The van der Waals surface area contributed by atoms with Crippen molar-refractivity contribution >= 4 is 16.0 Å². The summed E-state index contributed by atoms with van der Waals surface area (Å²) in [5, 5.41) is 3.47. The van der Waals surface area contributed by atoms with Gasteiger partial charge in [-0.25, -0.2) is 0 Å². The van der Waals surface area contributed by atoms with E-state index in [1.165, 1.54) is 6.07 Å². The monoisotopic (exact) mass is 220 g/mol. The van der Waals surface area contributed by atoms with E-state index in [1.54, 1.807) is 6.92 Å². The maximum Gasteiger partial charge on any atom is 0.300 e. The highest BCUT2D eigenvalue weighted by atomic mass is 32.2. The molecular weight excluding hydrogens is 208 g/mol. The Kier molecular flexibility index (Phi) is 3.44. The lowest BCUT2D eigenvalue weighted by Crippen LogP contribution is -2.34. The van der Waals surface area contributed by atoms with E-state index < -0.39 is 10.2 Å². The number of rotatable bonds is 5. The molecule has 0 aliphatic rings. The van der Waals surface area contributed by atoms with Gasteiger partial charge >= 0.3 is 0 Å². The second-order valence-corrected chi connectivity index (χ2v) is 4.11. The lowest BCUT2D eigenvalue weighted by molar-refractivity contribution is 0.400. The van der Waals surface area contributed by atoms with Crippen molar-refractivity contribution in [3.05, 3.63) is 11.8 Å². The Morgan fingerprint density at radius 2 is 2.36 bits per heavy atom. The summed E-state index contributed by atoms with van der Waals surface area (Å²) in [6.45, 7) is 2.07.